The molecule has 0 saturated heterocycles. The van der Waals surface area contributed by atoms with E-state index in [9.17, 15) is 4.79 Å². The maximum Gasteiger partial charge on any atom is 0.220 e. The first-order chi connectivity index (χ1) is 11.0. The molecule has 0 spiro atoms. The van der Waals surface area contributed by atoms with Gasteiger partial charge in [0.25, 0.3) is 0 Å². The van der Waals surface area contributed by atoms with E-state index in [0.29, 0.717) is 36.3 Å². The first-order valence-electron chi connectivity index (χ1n) is 9.55. The molecule has 132 valence electrons. The summed E-state index contributed by atoms with van der Waals surface area (Å²) in [4.78, 5) is 12.1. The monoisotopic (exact) mass is 321 g/mol. The van der Waals surface area contributed by atoms with Gasteiger partial charge in [0.2, 0.25) is 5.91 Å². The molecule has 3 aliphatic rings. The van der Waals surface area contributed by atoms with Crippen LogP contribution in [-0.4, -0.2) is 23.7 Å². The lowest BCUT2D eigenvalue weighted by Gasteiger charge is -2.62. The van der Waals surface area contributed by atoms with Crippen molar-refractivity contribution in [2.45, 2.75) is 78.2 Å². The Kier molecular flexibility index (Phi) is 6.70. The summed E-state index contributed by atoms with van der Waals surface area (Å²) >= 11 is 0. The van der Waals surface area contributed by atoms with Gasteiger partial charge in [-0.05, 0) is 68.1 Å². The Labute approximate surface area is 141 Å². The Morgan fingerprint density at radius 3 is 2.70 bits per heavy atom. The third-order valence-electron chi connectivity index (χ3n) is 6.26. The molecule has 0 aromatic rings. The van der Waals surface area contributed by atoms with Crippen molar-refractivity contribution in [3.05, 3.63) is 12.2 Å². The van der Waals surface area contributed by atoms with E-state index in [0.717, 1.165) is 38.0 Å². The number of fused-ring (bicyclic) bond motifs is 2. The van der Waals surface area contributed by atoms with E-state index in [2.05, 4.69) is 38.2 Å². The highest BCUT2D eigenvalue weighted by atomic mass is 16.2. The first-order valence-corrected chi connectivity index (χ1v) is 9.55. The second kappa shape index (κ2) is 8.32. The number of allylic oxidation sites excluding steroid dienone is 2. The molecule has 4 atom stereocenters. The lowest BCUT2D eigenvalue weighted by molar-refractivity contribution is -0.136. The van der Waals surface area contributed by atoms with Gasteiger partial charge in [-0.1, -0.05) is 32.9 Å². The van der Waals surface area contributed by atoms with E-state index in [1.54, 1.807) is 0 Å². The van der Waals surface area contributed by atoms with E-state index in [-0.39, 0.29) is 5.91 Å². The summed E-state index contributed by atoms with van der Waals surface area (Å²) in [6.07, 6.45) is 12.8. The smallest absolute Gasteiger partial charge is 0.220 e. The van der Waals surface area contributed by atoms with Crippen molar-refractivity contribution in [1.82, 2.24) is 5.32 Å². The predicted octanol–water partition coefficient (Wildman–Crippen LogP) is 4.06. The summed E-state index contributed by atoms with van der Waals surface area (Å²) in [6.45, 7) is 7.12. The topological polar surface area (TPSA) is 49.3 Å². The molecule has 3 rings (SSSR count). The van der Waals surface area contributed by atoms with Crippen LogP contribution < -0.4 is 5.32 Å². The first kappa shape index (κ1) is 18.5. The summed E-state index contributed by atoms with van der Waals surface area (Å²) in [5, 5.41) is 12.2. The Balaban J connectivity index is 1.90. The zero-order valence-corrected chi connectivity index (χ0v) is 15.2. The third kappa shape index (κ3) is 4.37. The lowest BCUT2D eigenvalue weighted by Crippen LogP contribution is -2.63. The zero-order chi connectivity index (χ0) is 16.9. The molecule has 3 nitrogen and oxygen atoms in total. The van der Waals surface area contributed by atoms with Gasteiger partial charge in [0.15, 0.2) is 0 Å². The Morgan fingerprint density at radius 1 is 1.26 bits per heavy atom. The Morgan fingerprint density at radius 2 is 2.04 bits per heavy atom. The van der Waals surface area contributed by atoms with E-state index < -0.39 is 0 Å². The maximum atomic E-state index is 12.1. The molecule has 3 aliphatic carbocycles. The number of rotatable bonds is 9. The van der Waals surface area contributed by atoms with Crippen LogP contribution in [0.2, 0.25) is 0 Å². The quantitative estimate of drug-likeness (QED) is 0.497. The molecule has 0 aromatic heterocycles. The highest BCUT2D eigenvalue weighted by Crippen LogP contribution is 2.61. The molecule has 0 radical (unpaired) electrons. The SMILES string of the molecule is CCCC(=O)NC1C(C/C=C/CCCCO)CC2CC1C2(C)C. The second-order valence-electron chi connectivity index (χ2n) is 8.13. The minimum absolute atomic E-state index is 0.232. The minimum atomic E-state index is 0.232. The number of amides is 1. The molecule has 23 heavy (non-hydrogen) atoms. The predicted molar refractivity (Wildman–Crippen MR) is 95.0 cm³/mol. The van der Waals surface area contributed by atoms with Crippen molar-refractivity contribution in [3.8, 4) is 0 Å². The van der Waals surface area contributed by atoms with Gasteiger partial charge in [-0.3, -0.25) is 4.79 Å². The van der Waals surface area contributed by atoms with Crippen molar-refractivity contribution < 1.29 is 9.90 Å². The van der Waals surface area contributed by atoms with Crippen molar-refractivity contribution in [3.63, 3.8) is 0 Å². The number of hydrogen-bond acceptors (Lipinski definition) is 2. The summed E-state index contributed by atoms with van der Waals surface area (Å²) in [7, 11) is 0. The highest BCUT2D eigenvalue weighted by molar-refractivity contribution is 5.76. The molecule has 3 heteroatoms. The molecule has 0 aliphatic heterocycles. The van der Waals surface area contributed by atoms with Gasteiger partial charge in [0.05, 0.1) is 0 Å². The molecule has 4 unspecified atom stereocenters. The van der Waals surface area contributed by atoms with Crippen molar-refractivity contribution >= 4 is 5.91 Å². The van der Waals surface area contributed by atoms with E-state index in [1.807, 2.05) is 0 Å². The zero-order valence-electron chi connectivity index (χ0n) is 15.2. The maximum absolute atomic E-state index is 12.1. The number of carbonyl (C=O) groups excluding carboxylic acids is 1. The number of aliphatic hydroxyl groups is 1. The van der Waals surface area contributed by atoms with Gasteiger partial charge >= 0.3 is 0 Å². The van der Waals surface area contributed by atoms with Crippen LogP contribution in [0.3, 0.4) is 0 Å². The van der Waals surface area contributed by atoms with Gasteiger partial charge in [0.1, 0.15) is 0 Å². The number of hydrogen-bond donors (Lipinski definition) is 2. The van der Waals surface area contributed by atoms with Gasteiger partial charge in [-0.2, -0.15) is 0 Å². The van der Waals surface area contributed by atoms with E-state index in [4.69, 9.17) is 5.11 Å². The van der Waals surface area contributed by atoms with Crippen LogP contribution in [0, 0.1) is 23.2 Å². The molecular formula is C20H35NO2. The van der Waals surface area contributed by atoms with E-state index >= 15 is 0 Å². The normalized spacial score (nSPS) is 31.8. The van der Waals surface area contributed by atoms with Crippen LogP contribution in [0.25, 0.3) is 0 Å². The Bertz CT molecular complexity index is 416. The van der Waals surface area contributed by atoms with Gasteiger partial charge < -0.3 is 10.4 Å². The average Bonchev–Trinajstić information content (AvgIpc) is 2.51. The summed E-state index contributed by atoms with van der Waals surface area (Å²) in [5.74, 6) is 2.31. The number of carbonyl (C=O) groups is 1. The summed E-state index contributed by atoms with van der Waals surface area (Å²) in [5.41, 5.74) is 0.394. The number of aliphatic hydroxyl groups excluding tert-OH is 1. The van der Waals surface area contributed by atoms with Crippen LogP contribution in [-0.2, 0) is 4.79 Å². The second-order valence-corrected chi connectivity index (χ2v) is 8.13. The number of nitrogens with one attached hydrogen (secondary N) is 1. The van der Waals surface area contributed by atoms with Crippen LogP contribution in [0.5, 0.6) is 0 Å². The fourth-order valence-electron chi connectivity index (χ4n) is 4.62. The van der Waals surface area contributed by atoms with Crippen LogP contribution in [0.4, 0.5) is 0 Å². The van der Waals surface area contributed by atoms with Crippen LogP contribution >= 0.6 is 0 Å². The fourth-order valence-corrected chi connectivity index (χ4v) is 4.62. The summed E-state index contributed by atoms with van der Waals surface area (Å²) < 4.78 is 0. The average molecular weight is 322 g/mol. The van der Waals surface area contributed by atoms with Crippen LogP contribution in [0.1, 0.15) is 72.1 Å². The molecule has 0 heterocycles. The standard InChI is InChI=1S/C20H35NO2/c1-4-10-18(23)21-19-15(11-8-6-5-7-9-12-22)13-16-14-17(19)20(16,2)3/h6,8,15-17,19,22H,4-5,7,9-14H2,1-3H3,(H,21,23)/b8-6+. The molecule has 2 bridgehead atoms. The highest BCUT2D eigenvalue weighted by Gasteiger charge is 2.57. The van der Waals surface area contributed by atoms with Crippen LogP contribution in [0.15, 0.2) is 12.2 Å². The molecule has 2 N–H and O–H groups in total. The molecule has 3 fully saturated rings. The minimum Gasteiger partial charge on any atom is -0.396 e. The van der Waals surface area contributed by atoms with Gasteiger partial charge in [0, 0.05) is 19.1 Å². The molecule has 0 aromatic carbocycles. The molecular weight excluding hydrogens is 286 g/mol. The lowest BCUT2D eigenvalue weighted by atomic mass is 9.44. The largest absolute Gasteiger partial charge is 0.396 e. The van der Waals surface area contributed by atoms with Crippen molar-refractivity contribution in [2.24, 2.45) is 23.2 Å². The Hall–Kier alpha value is -0.830. The fraction of sp³-hybridized carbons (Fsp3) is 0.850. The summed E-state index contributed by atoms with van der Waals surface area (Å²) in [6, 6.07) is 0.358. The van der Waals surface area contributed by atoms with Gasteiger partial charge in [-0.25, -0.2) is 0 Å². The van der Waals surface area contributed by atoms with Gasteiger partial charge in [-0.15, -0.1) is 0 Å². The van der Waals surface area contributed by atoms with E-state index in [1.165, 1.54) is 12.8 Å². The molecule has 3 saturated carbocycles. The third-order valence-corrected chi connectivity index (χ3v) is 6.26. The number of unbranched alkanes of at least 4 members (excludes halogenated alkanes) is 2. The molecule has 1 amide bonds. The van der Waals surface area contributed by atoms with Crippen molar-refractivity contribution in [1.29, 1.82) is 0 Å². The van der Waals surface area contributed by atoms with Crippen molar-refractivity contribution in [2.75, 3.05) is 6.61 Å².